The average molecular weight is 415 g/mol. The lowest BCUT2D eigenvalue weighted by Gasteiger charge is -2.12. The van der Waals surface area contributed by atoms with Crippen LogP contribution in [0.4, 0.5) is 14.5 Å². The minimum Gasteiger partial charge on any atom is -0.319 e. The summed E-state index contributed by atoms with van der Waals surface area (Å²) in [5, 5.41) is 1.18. The molecule has 27 heavy (non-hydrogen) atoms. The van der Waals surface area contributed by atoms with Crippen molar-refractivity contribution in [1.82, 2.24) is 0 Å². The molecule has 1 aliphatic heterocycles. The number of hydrogen-bond acceptors (Lipinski definition) is 5. The highest BCUT2D eigenvalue weighted by Crippen LogP contribution is 2.26. The molecule has 6 nitrogen and oxygen atoms in total. The summed E-state index contributed by atoms with van der Waals surface area (Å²) in [5.74, 6) is -3.20. The molecule has 1 aliphatic rings. The lowest BCUT2D eigenvalue weighted by molar-refractivity contribution is 0.102. The Morgan fingerprint density at radius 2 is 1.85 bits per heavy atom. The number of hydrogen-bond donors (Lipinski definition) is 1. The summed E-state index contributed by atoms with van der Waals surface area (Å²) in [7, 11) is -7.33. The standard InChI is InChI=1S/C17H15F2NO5S2/c18-12-4-5-16(15(19)9-12)20-17(21)11-2-1-3-13(8-11)27(24,25)14-6-7-26(22,23)10-14/h1-5,8-9,14H,6-7,10H2,(H,20,21)/t14-/m1/s1. The van der Waals surface area contributed by atoms with Crippen LogP contribution in [-0.2, 0) is 19.7 Å². The number of halogens is 2. The second-order valence-electron chi connectivity index (χ2n) is 6.18. The van der Waals surface area contributed by atoms with Gasteiger partial charge in [0.05, 0.1) is 27.3 Å². The van der Waals surface area contributed by atoms with Crippen LogP contribution in [0.25, 0.3) is 0 Å². The number of amides is 1. The Morgan fingerprint density at radius 3 is 2.48 bits per heavy atom. The third kappa shape index (κ3) is 4.16. The first-order valence-corrected chi connectivity index (χ1v) is 11.3. The Balaban J connectivity index is 1.86. The zero-order valence-electron chi connectivity index (χ0n) is 13.9. The zero-order valence-corrected chi connectivity index (χ0v) is 15.5. The van der Waals surface area contributed by atoms with Crippen molar-refractivity contribution in [1.29, 1.82) is 0 Å². The number of carbonyl (C=O) groups excluding carboxylic acids is 1. The Bertz CT molecular complexity index is 1110. The van der Waals surface area contributed by atoms with Crippen LogP contribution >= 0.6 is 0 Å². The molecule has 10 heteroatoms. The highest BCUT2D eigenvalue weighted by molar-refractivity contribution is 7.96. The third-order valence-electron chi connectivity index (χ3n) is 4.23. The van der Waals surface area contributed by atoms with Gasteiger partial charge in [0.25, 0.3) is 5.91 Å². The Hall–Kier alpha value is -2.33. The smallest absolute Gasteiger partial charge is 0.255 e. The second-order valence-corrected chi connectivity index (χ2v) is 10.6. The van der Waals surface area contributed by atoms with Crippen molar-refractivity contribution < 1.29 is 30.4 Å². The van der Waals surface area contributed by atoms with E-state index in [1.807, 2.05) is 0 Å². The Labute approximate surface area is 155 Å². The maximum atomic E-state index is 13.7. The number of benzene rings is 2. The van der Waals surface area contributed by atoms with E-state index < -0.39 is 48.2 Å². The zero-order chi connectivity index (χ0) is 19.8. The van der Waals surface area contributed by atoms with E-state index in [-0.39, 0.29) is 28.3 Å². The van der Waals surface area contributed by atoms with Gasteiger partial charge in [0.15, 0.2) is 19.7 Å². The Kier molecular flexibility index (Phi) is 5.04. The SMILES string of the molecule is O=C(Nc1ccc(F)cc1F)c1cccc(S(=O)(=O)[C@@H]2CCS(=O)(=O)C2)c1. The molecular formula is C17H15F2NO5S2. The first kappa shape index (κ1) is 19.4. The predicted octanol–water partition coefficient (Wildman–Crippen LogP) is 2.18. The fourth-order valence-electron chi connectivity index (χ4n) is 2.80. The molecule has 0 aliphatic carbocycles. The topological polar surface area (TPSA) is 97.4 Å². The second kappa shape index (κ2) is 7.01. The lowest BCUT2D eigenvalue weighted by atomic mass is 10.2. The van der Waals surface area contributed by atoms with Gasteiger partial charge in [-0.2, -0.15) is 0 Å². The maximum absolute atomic E-state index is 13.7. The first-order valence-electron chi connectivity index (χ1n) is 7.89. The van der Waals surface area contributed by atoms with Gasteiger partial charge < -0.3 is 5.32 Å². The van der Waals surface area contributed by atoms with Gasteiger partial charge in [-0.3, -0.25) is 4.79 Å². The van der Waals surface area contributed by atoms with E-state index in [2.05, 4.69) is 5.32 Å². The highest BCUT2D eigenvalue weighted by Gasteiger charge is 2.38. The molecule has 1 fully saturated rings. The van der Waals surface area contributed by atoms with Crippen LogP contribution in [0.2, 0.25) is 0 Å². The van der Waals surface area contributed by atoms with Crippen LogP contribution < -0.4 is 5.32 Å². The lowest BCUT2D eigenvalue weighted by Crippen LogP contribution is -2.23. The summed E-state index contributed by atoms with van der Waals surface area (Å²) in [6, 6.07) is 7.68. The van der Waals surface area contributed by atoms with Crippen LogP contribution in [0, 0.1) is 11.6 Å². The molecule has 1 heterocycles. The van der Waals surface area contributed by atoms with E-state index in [0.717, 1.165) is 18.2 Å². The third-order valence-corrected chi connectivity index (χ3v) is 8.40. The number of sulfone groups is 2. The van der Waals surface area contributed by atoms with Crippen LogP contribution in [0.1, 0.15) is 16.8 Å². The van der Waals surface area contributed by atoms with Crippen molar-refractivity contribution >= 4 is 31.3 Å². The fraction of sp³-hybridized carbons (Fsp3) is 0.235. The summed E-state index contributed by atoms with van der Waals surface area (Å²) in [6.07, 6.45) is 0.00187. The van der Waals surface area contributed by atoms with Gasteiger partial charge in [0.1, 0.15) is 11.6 Å². The van der Waals surface area contributed by atoms with Crippen molar-refractivity contribution in [3.8, 4) is 0 Å². The highest BCUT2D eigenvalue weighted by atomic mass is 32.2. The molecule has 2 aromatic carbocycles. The number of rotatable bonds is 4. The normalized spacial score (nSPS) is 19.0. The van der Waals surface area contributed by atoms with Gasteiger partial charge in [-0.1, -0.05) is 6.07 Å². The minimum atomic E-state index is -3.94. The predicted molar refractivity (Wildman–Crippen MR) is 95.0 cm³/mol. The van der Waals surface area contributed by atoms with Crippen LogP contribution in [0.5, 0.6) is 0 Å². The Morgan fingerprint density at radius 1 is 1.11 bits per heavy atom. The molecule has 0 bridgehead atoms. The van der Waals surface area contributed by atoms with Gasteiger partial charge in [-0.05, 0) is 36.8 Å². The molecule has 0 unspecified atom stereocenters. The van der Waals surface area contributed by atoms with Crippen LogP contribution in [-0.4, -0.2) is 39.5 Å². The molecule has 1 saturated heterocycles. The molecule has 0 aromatic heterocycles. The molecule has 144 valence electrons. The molecule has 0 saturated carbocycles. The molecule has 3 rings (SSSR count). The van der Waals surface area contributed by atoms with Crippen molar-refractivity contribution in [2.75, 3.05) is 16.8 Å². The summed E-state index contributed by atoms with van der Waals surface area (Å²) < 4.78 is 75.0. The summed E-state index contributed by atoms with van der Waals surface area (Å²) in [6.45, 7) is 0. The number of carbonyl (C=O) groups is 1. The fourth-order valence-corrected chi connectivity index (χ4v) is 7.20. The van der Waals surface area contributed by atoms with Gasteiger partial charge >= 0.3 is 0 Å². The average Bonchev–Trinajstić information content (AvgIpc) is 2.98. The largest absolute Gasteiger partial charge is 0.319 e. The van der Waals surface area contributed by atoms with E-state index in [1.54, 1.807) is 0 Å². The molecular weight excluding hydrogens is 400 g/mol. The van der Waals surface area contributed by atoms with Crippen molar-refractivity contribution in [3.05, 3.63) is 59.7 Å². The summed E-state index contributed by atoms with van der Waals surface area (Å²) in [4.78, 5) is 12.1. The van der Waals surface area contributed by atoms with Crippen LogP contribution in [0.15, 0.2) is 47.4 Å². The van der Waals surface area contributed by atoms with Crippen molar-refractivity contribution in [2.24, 2.45) is 0 Å². The molecule has 2 aromatic rings. The van der Waals surface area contributed by atoms with Crippen molar-refractivity contribution in [2.45, 2.75) is 16.6 Å². The molecule has 1 atom stereocenters. The van der Waals surface area contributed by atoms with E-state index in [4.69, 9.17) is 0 Å². The maximum Gasteiger partial charge on any atom is 0.255 e. The van der Waals surface area contributed by atoms with E-state index in [1.165, 1.54) is 18.2 Å². The quantitative estimate of drug-likeness (QED) is 0.826. The van der Waals surface area contributed by atoms with Crippen molar-refractivity contribution in [3.63, 3.8) is 0 Å². The molecule has 0 radical (unpaired) electrons. The number of anilines is 1. The monoisotopic (exact) mass is 415 g/mol. The number of nitrogens with one attached hydrogen (secondary N) is 1. The van der Waals surface area contributed by atoms with E-state index in [9.17, 15) is 30.4 Å². The van der Waals surface area contributed by atoms with E-state index >= 15 is 0 Å². The van der Waals surface area contributed by atoms with Gasteiger partial charge in [-0.15, -0.1) is 0 Å². The van der Waals surface area contributed by atoms with E-state index in [0.29, 0.717) is 6.07 Å². The first-order chi connectivity index (χ1) is 12.6. The van der Waals surface area contributed by atoms with Gasteiger partial charge in [0, 0.05) is 11.6 Å². The summed E-state index contributed by atoms with van der Waals surface area (Å²) in [5.41, 5.74) is -0.308. The van der Waals surface area contributed by atoms with Gasteiger partial charge in [0.2, 0.25) is 0 Å². The molecule has 1 N–H and O–H groups in total. The molecule has 1 amide bonds. The van der Waals surface area contributed by atoms with Gasteiger partial charge in [-0.25, -0.2) is 25.6 Å². The summed E-state index contributed by atoms with van der Waals surface area (Å²) >= 11 is 0. The van der Waals surface area contributed by atoms with Crippen LogP contribution in [0.3, 0.4) is 0 Å². The molecule has 0 spiro atoms. The minimum absolute atomic E-state index is 0.00187.